The Hall–Kier alpha value is -5.26. The molecule has 4 aromatic rings. The van der Waals surface area contributed by atoms with Gasteiger partial charge in [-0.25, -0.2) is 14.6 Å². The highest BCUT2D eigenvalue weighted by atomic mass is 32.2. The number of aromatic nitrogens is 3. The number of oxime groups is 1. The van der Waals surface area contributed by atoms with E-state index in [0.29, 0.717) is 21.7 Å². The van der Waals surface area contributed by atoms with E-state index in [1.54, 1.807) is 32.9 Å². The van der Waals surface area contributed by atoms with Crippen molar-refractivity contribution in [2.45, 2.75) is 55.8 Å². The molecule has 2 amide bonds. The number of benzene rings is 2. The molecule has 3 atom stereocenters. The molecule has 2 unspecified atom stereocenters. The third-order valence-electron chi connectivity index (χ3n) is 7.93. The standard InChI is InChI=1S/C37H36N6O8S3/c1-22-15-16-27(41-40-22)53-18-25-20-54(48)35-30(39-33(45)29(26-19-52-21-38-26)42-49-17-28(44)51-37(2,3)4)34(46)43(35)31(25)36(47)50-32(23-11-7-5-8-12-23)24-13-9-6-10-14-24/h5-16,19,21,30,32,35H,17-18,20H2,1-4H3,(H,39,45)/b42-29-/t30?,35-,54?/m1/s1. The van der Waals surface area contributed by atoms with Crippen LogP contribution in [0.5, 0.6) is 0 Å². The largest absolute Gasteiger partial charge is 0.457 e. The molecule has 6 rings (SSSR count). The maximum absolute atomic E-state index is 14.3. The Morgan fingerprint density at radius 1 is 1.04 bits per heavy atom. The van der Waals surface area contributed by atoms with Crippen LogP contribution in [-0.4, -0.2) is 88.9 Å². The predicted octanol–water partition coefficient (Wildman–Crippen LogP) is 4.10. The molecule has 2 aliphatic heterocycles. The predicted molar refractivity (Wildman–Crippen MR) is 201 cm³/mol. The topological polar surface area (TPSA) is 179 Å². The van der Waals surface area contributed by atoms with Crippen molar-refractivity contribution in [2.24, 2.45) is 5.16 Å². The van der Waals surface area contributed by atoms with Gasteiger partial charge in [0.05, 0.1) is 27.8 Å². The molecule has 4 heterocycles. The molecule has 2 aromatic heterocycles. The number of carbonyl (C=O) groups excluding carboxylic acids is 4. The molecule has 0 aliphatic carbocycles. The number of esters is 2. The van der Waals surface area contributed by atoms with Crippen LogP contribution in [-0.2, 0) is 44.3 Å². The quantitative estimate of drug-likeness (QED) is 0.0676. The number of thiazole rings is 1. The lowest BCUT2D eigenvalue weighted by molar-refractivity contribution is -0.160. The van der Waals surface area contributed by atoms with Gasteiger partial charge >= 0.3 is 11.9 Å². The summed E-state index contributed by atoms with van der Waals surface area (Å²) in [6, 6.07) is 20.7. The number of nitrogens with zero attached hydrogens (tertiary/aromatic N) is 5. The minimum atomic E-state index is -1.75. The van der Waals surface area contributed by atoms with E-state index < -0.39 is 64.3 Å². The number of hydrogen-bond acceptors (Lipinski definition) is 14. The summed E-state index contributed by atoms with van der Waals surface area (Å²) in [5.41, 5.74) is 3.05. The molecule has 0 spiro atoms. The van der Waals surface area contributed by atoms with E-state index in [-0.39, 0.29) is 28.6 Å². The Labute approximate surface area is 321 Å². The fourth-order valence-electron chi connectivity index (χ4n) is 5.59. The first-order valence-electron chi connectivity index (χ1n) is 16.7. The highest BCUT2D eigenvalue weighted by Crippen LogP contribution is 2.38. The normalized spacial score (nSPS) is 18.5. The van der Waals surface area contributed by atoms with Gasteiger partial charge in [0, 0.05) is 11.1 Å². The zero-order valence-electron chi connectivity index (χ0n) is 29.7. The van der Waals surface area contributed by atoms with Crippen molar-refractivity contribution in [3.8, 4) is 0 Å². The number of nitrogens with one attached hydrogen (secondary N) is 1. The van der Waals surface area contributed by atoms with E-state index in [0.717, 1.165) is 10.6 Å². The average molecular weight is 789 g/mol. The molecule has 1 saturated heterocycles. The number of carbonyl (C=O) groups is 4. The average Bonchev–Trinajstić information content (AvgIpc) is 3.69. The van der Waals surface area contributed by atoms with Gasteiger partial charge in [0.15, 0.2) is 11.8 Å². The van der Waals surface area contributed by atoms with E-state index in [1.165, 1.54) is 34.0 Å². The van der Waals surface area contributed by atoms with E-state index in [2.05, 4.69) is 25.7 Å². The Bertz CT molecular complexity index is 2050. The summed E-state index contributed by atoms with van der Waals surface area (Å²) in [6.45, 7) is 6.32. The zero-order chi connectivity index (χ0) is 38.4. The number of amides is 2. The summed E-state index contributed by atoms with van der Waals surface area (Å²) in [6.07, 6.45) is -0.820. The second-order valence-corrected chi connectivity index (χ2v) is 16.4. The van der Waals surface area contributed by atoms with Crippen molar-refractivity contribution in [2.75, 3.05) is 18.1 Å². The van der Waals surface area contributed by atoms with Crippen LogP contribution >= 0.6 is 23.1 Å². The molecule has 1 fully saturated rings. The summed E-state index contributed by atoms with van der Waals surface area (Å²) >= 11 is 2.46. The second kappa shape index (κ2) is 16.8. The third kappa shape index (κ3) is 9.09. The number of hydrogen-bond donors (Lipinski definition) is 1. The number of thioether (sulfide) groups is 1. The molecule has 280 valence electrons. The van der Waals surface area contributed by atoms with Crippen molar-refractivity contribution >= 4 is 63.4 Å². The van der Waals surface area contributed by atoms with Crippen LogP contribution in [0.1, 0.15) is 49.4 Å². The van der Waals surface area contributed by atoms with Crippen molar-refractivity contribution in [1.29, 1.82) is 0 Å². The minimum absolute atomic E-state index is 0.0476. The molecular weight excluding hydrogens is 753 g/mol. The maximum Gasteiger partial charge on any atom is 0.356 e. The SMILES string of the molecule is Cc1ccc(SCC2=C(C(=O)OC(c3ccccc3)c3ccccc3)N3C(=O)C(NC(=O)/C(=N\OCC(=O)OC(C)(C)C)c4cscn4)[C@H]3S(=O)C2)nn1. The van der Waals surface area contributed by atoms with Crippen molar-refractivity contribution in [3.63, 3.8) is 0 Å². The van der Waals surface area contributed by atoms with Gasteiger partial charge in [-0.2, -0.15) is 5.10 Å². The van der Waals surface area contributed by atoms with Crippen LogP contribution in [0.3, 0.4) is 0 Å². The lowest BCUT2D eigenvalue weighted by Crippen LogP contribution is -2.74. The Morgan fingerprint density at radius 3 is 2.31 bits per heavy atom. The van der Waals surface area contributed by atoms with Gasteiger partial charge in [0.25, 0.3) is 11.8 Å². The van der Waals surface area contributed by atoms with Crippen molar-refractivity contribution < 1.29 is 37.7 Å². The molecule has 54 heavy (non-hydrogen) atoms. The number of ether oxygens (including phenoxy) is 2. The van der Waals surface area contributed by atoms with Gasteiger partial charge in [-0.15, -0.1) is 28.2 Å². The first kappa shape index (κ1) is 38.5. The molecule has 2 aliphatic rings. The third-order valence-corrected chi connectivity index (χ3v) is 11.2. The van der Waals surface area contributed by atoms with Gasteiger partial charge in [0.2, 0.25) is 6.61 Å². The molecule has 0 saturated carbocycles. The molecule has 1 N–H and O–H groups in total. The van der Waals surface area contributed by atoms with Crippen molar-refractivity contribution in [1.82, 2.24) is 25.4 Å². The lowest BCUT2D eigenvalue weighted by Gasteiger charge is -2.49. The molecule has 17 heteroatoms. The fourth-order valence-corrected chi connectivity index (χ4v) is 8.76. The first-order valence-corrected chi connectivity index (χ1v) is 20.0. The Balaban J connectivity index is 1.27. The maximum atomic E-state index is 14.3. The Morgan fingerprint density at radius 2 is 1.72 bits per heavy atom. The molecular formula is C37H36N6O8S3. The van der Waals surface area contributed by atoms with E-state index in [9.17, 15) is 23.4 Å². The van der Waals surface area contributed by atoms with Gasteiger partial charge in [-0.1, -0.05) is 65.8 Å². The van der Waals surface area contributed by atoms with Crippen LogP contribution in [0, 0.1) is 6.92 Å². The van der Waals surface area contributed by atoms with Gasteiger partial charge in [0.1, 0.15) is 33.4 Å². The smallest absolute Gasteiger partial charge is 0.356 e. The fraction of sp³-hybridized carbons (Fsp3) is 0.297. The highest BCUT2D eigenvalue weighted by Gasteiger charge is 2.57. The number of fused-ring (bicyclic) bond motifs is 1. The summed E-state index contributed by atoms with van der Waals surface area (Å²) in [5, 5.41) is 15.8. The lowest BCUT2D eigenvalue weighted by atomic mass is 10.0. The monoisotopic (exact) mass is 788 g/mol. The highest BCUT2D eigenvalue weighted by molar-refractivity contribution is 7.99. The zero-order valence-corrected chi connectivity index (χ0v) is 32.1. The van der Waals surface area contributed by atoms with Gasteiger partial charge in [-0.3, -0.25) is 18.7 Å². The van der Waals surface area contributed by atoms with E-state index >= 15 is 0 Å². The van der Waals surface area contributed by atoms with Gasteiger partial charge < -0.3 is 19.6 Å². The number of rotatable bonds is 13. The van der Waals surface area contributed by atoms with Gasteiger partial charge in [-0.05, 0) is 56.5 Å². The van der Waals surface area contributed by atoms with Crippen LogP contribution in [0.25, 0.3) is 0 Å². The van der Waals surface area contributed by atoms with Crippen LogP contribution in [0.4, 0.5) is 0 Å². The van der Waals surface area contributed by atoms with Crippen molar-refractivity contribution in [3.05, 3.63) is 117 Å². The van der Waals surface area contributed by atoms with E-state index in [1.807, 2.05) is 67.6 Å². The summed E-state index contributed by atoms with van der Waals surface area (Å²) in [7, 11) is -1.75. The first-order chi connectivity index (χ1) is 25.9. The van der Waals surface area contributed by atoms with Crippen LogP contribution < -0.4 is 5.32 Å². The van der Waals surface area contributed by atoms with Crippen LogP contribution in [0.2, 0.25) is 0 Å². The summed E-state index contributed by atoms with van der Waals surface area (Å²) in [4.78, 5) is 64.6. The number of aryl methyl sites for hydroxylation is 1. The Kier molecular flexibility index (Phi) is 12.0. The minimum Gasteiger partial charge on any atom is -0.457 e. The molecule has 14 nitrogen and oxygen atoms in total. The summed E-state index contributed by atoms with van der Waals surface area (Å²) < 4.78 is 25.3. The second-order valence-electron chi connectivity index (χ2n) is 13.1. The number of β-lactam (4-membered cyclic amide) rings is 1. The van der Waals surface area contributed by atoms with E-state index in [4.69, 9.17) is 14.3 Å². The summed E-state index contributed by atoms with van der Waals surface area (Å²) in [5.74, 6) is -2.94. The molecule has 2 aromatic carbocycles. The van der Waals surface area contributed by atoms with Crippen LogP contribution in [0.15, 0.2) is 105 Å². The molecule has 0 radical (unpaired) electrons. The molecule has 0 bridgehead atoms.